The number of piperidine rings is 1. The van der Waals surface area contributed by atoms with Crippen molar-refractivity contribution in [2.45, 2.75) is 24.7 Å². The zero-order chi connectivity index (χ0) is 26.8. The van der Waals surface area contributed by atoms with Crippen molar-refractivity contribution in [3.8, 4) is 11.1 Å². The van der Waals surface area contributed by atoms with Crippen LogP contribution in [0.3, 0.4) is 0 Å². The molecule has 2 aliphatic rings. The van der Waals surface area contributed by atoms with Crippen molar-refractivity contribution in [3.05, 3.63) is 84.8 Å². The summed E-state index contributed by atoms with van der Waals surface area (Å²) in [6.07, 6.45) is 5.27. The predicted octanol–water partition coefficient (Wildman–Crippen LogP) is 4.69. The maximum Gasteiger partial charge on any atom is 0.227 e. The number of aromatic nitrogens is 2. The van der Waals surface area contributed by atoms with Gasteiger partial charge >= 0.3 is 0 Å². The van der Waals surface area contributed by atoms with Gasteiger partial charge in [-0.25, -0.2) is 8.51 Å². The first-order valence-corrected chi connectivity index (χ1v) is 14.7. The van der Waals surface area contributed by atoms with Crippen LogP contribution in [0.15, 0.2) is 84.0 Å². The van der Waals surface area contributed by atoms with Crippen LogP contribution in [-0.4, -0.2) is 68.6 Å². The van der Waals surface area contributed by atoms with Gasteiger partial charge in [-0.3, -0.25) is 14.8 Å². The maximum atomic E-state index is 13.5. The van der Waals surface area contributed by atoms with Gasteiger partial charge in [-0.1, -0.05) is 30.3 Å². The largest absolute Gasteiger partial charge is 0.367 e. The number of carbonyl (C=O) groups is 1. The number of hydrogen-bond donors (Lipinski definition) is 0. The number of pyridine rings is 2. The van der Waals surface area contributed by atoms with Crippen molar-refractivity contribution in [2.24, 2.45) is 5.92 Å². The fourth-order valence-corrected chi connectivity index (χ4v) is 7.00. The second-order valence-corrected chi connectivity index (χ2v) is 11.8. The summed E-state index contributed by atoms with van der Waals surface area (Å²) >= 11 is 0. The molecule has 0 spiro atoms. The van der Waals surface area contributed by atoms with Gasteiger partial charge in [0.25, 0.3) is 0 Å². The Morgan fingerprint density at radius 3 is 2.38 bits per heavy atom. The van der Waals surface area contributed by atoms with Crippen molar-refractivity contribution in [2.75, 3.05) is 44.2 Å². The van der Waals surface area contributed by atoms with Gasteiger partial charge in [0, 0.05) is 68.4 Å². The SMILES string of the molecule is Cc1cc(N2CCN(C(=O)C3CCCN(S(=O)c4ccc(-c5ccncc5)cc4)C3)CC2)c2ccccc2n1. The Morgan fingerprint density at radius 2 is 1.62 bits per heavy atom. The van der Waals surface area contributed by atoms with Gasteiger partial charge in [0.2, 0.25) is 5.91 Å². The number of nitrogens with zero attached hydrogens (tertiary/aromatic N) is 5. The van der Waals surface area contributed by atoms with Crippen molar-refractivity contribution in [3.63, 3.8) is 0 Å². The first-order valence-electron chi connectivity index (χ1n) is 13.6. The molecule has 2 aromatic heterocycles. The molecule has 0 saturated carbocycles. The van der Waals surface area contributed by atoms with Crippen molar-refractivity contribution >= 4 is 33.5 Å². The molecule has 4 heterocycles. The third kappa shape index (κ3) is 5.44. The van der Waals surface area contributed by atoms with E-state index in [-0.39, 0.29) is 11.8 Å². The highest BCUT2D eigenvalue weighted by Crippen LogP contribution is 2.29. The average Bonchev–Trinajstić information content (AvgIpc) is 3.00. The summed E-state index contributed by atoms with van der Waals surface area (Å²) in [7, 11) is -1.29. The van der Waals surface area contributed by atoms with E-state index in [2.05, 4.69) is 39.1 Å². The van der Waals surface area contributed by atoms with Gasteiger partial charge in [-0.05, 0) is 67.3 Å². The quantitative estimate of drug-likeness (QED) is 0.368. The molecule has 39 heavy (non-hydrogen) atoms. The Bertz CT molecular complexity index is 1490. The first kappa shape index (κ1) is 25.6. The van der Waals surface area contributed by atoms with E-state index in [0.29, 0.717) is 19.6 Å². The number of aryl methyl sites for hydroxylation is 1. The molecule has 2 aromatic carbocycles. The predicted molar refractivity (Wildman–Crippen MR) is 156 cm³/mol. The monoisotopic (exact) mass is 539 g/mol. The van der Waals surface area contributed by atoms with Crippen LogP contribution in [0.5, 0.6) is 0 Å². The number of hydrogen-bond acceptors (Lipinski definition) is 5. The molecule has 200 valence electrons. The number of amides is 1. The third-order valence-corrected chi connectivity index (χ3v) is 9.27. The summed E-state index contributed by atoms with van der Waals surface area (Å²) in [5.74, 6) is 0.0782. The Hall–Kier alpha value is -3.62. The third-order valence-electron chi connectivity index (χ3n) is 7.79. The van der Waals surface area contributed by atoms with Crippen LogP contribution < -0.4 is 4.90 Å². The number of piperazine rings is 1. The van der Waals surface area contributed by atoms with Crippen LogP contribution in [0.25, 0.3) is 22.0 Å². The van der Waals surface area contributed by atoms with Crippen LogP contribution in [0.2, 0.25) is 0 Å². The number of carbonyl (C=O) groups excluding carboxylic acids is 1. The second kappa shape index (κ2) is 11.2. The van der Waals surface area contributed by atoms with E-state index in [1.54, 1.807) is 12.4 Å². The molecule has 0 radical (unpaired) electrons. The molecule has 2 atom stereocenters. The van der Waals surface area contributed by atoms with E-state index in [1.807, 2.05) is 58.6 Å². The second-order valence-electron chi connectivity index (χ2n) is 10.3. The van der Waals surface area contributed by atoms with E-state index in [0.717, 1.165) is 65.1 Å². The molecule has 2 aliphatic heterocycles. The Morgan fingerprint density at radius 1 is 0.897 bits per heavy atom. The van der Waals surface area contributed by atoms with E-state index >= 15 is 0 Å². The van der Waals surface area contributed by atoms with Crippen LogP contribution >= 0.6 is 0 Å². The van der Waals surface area contributed by atoms with E-state index < -0.39 is 11.0 Å². The summed E-state index contributed by atoms with van der Waals surface area (Å²) < 4.78 is 15.4. The molecule has 2 fully saturated rings. The maximum absolute atomic E-state index is 13.5. The lowest BCUT2D eigenvalue weighted by atomic mass is 9.97. The molecule has 2 saturated heterocycles. The van der Waals surface area contributed by atoms with Gasteiger partial charge in [0.1, 0.15) is 11.0 Å². The lowest BCUT2D eigenvalue weighted by molar-refractivity contribution is -0.137. The van der Waals surface area contributed by atoms with Crippen LogP contribution in [0.1, 0.15) is 18.5 Å². The zero-order valence-electron chi connectivity index (χ0n) is 22.2. The normalized spacial score (nSPS) is 19.3. The van der Waals surface area contributed by atoms with Crippen LogP contribution in [0, 0.1) is 12.8 Å². The summed E-state index contributed by atoms with van der Waals surface area (Å²) in [4.78, 5) is 27.4. The Balaban J connectivity index is 1.08. The average molecular weight is 540 g/mol. The summed E-state index contributed by atoms with van der Waals surface area (Å²) in [5, 5.41) is 1.15. The Kier molecular flexibility index (Phi) is 7.39. The highest BCUT2D eigenvalue weighted by atomic mass is 32.2. The highest BCUT2D eigenvalue weighted by Gasteiger charge is 2.33. The number of anilines is 1. The molecular formula is C31H33N5O2S. The Labute approximate surface area is 232 Å². The van der Waals surface area contributed by atoms with Gasteiger partial charge in [-0.15, -0.1) is 0 Å². The molecule has 7 nitrogen and oxygen atoms in total. The summed E-state index contributed by atoms with van der Waals surface area (Å²) in [6.45, 7) is 6.30. The highest BCUT2D eigenvalue weighted by molar-refractivity contribution is 7.82. The smallest absolute Gasteiger partial charge is 0.227 e. The zero-order valence-corrected chi connectivity index (χ0v) is 23.0. The molecular weight excluding hydrogens is 506 g/mol. The standard InChI is InChI=1S/C31H33N5O2S/c1-23-21-30(28-6-2-3-7-29(28)33-23)34-17-19-35(20-18-34)31(37)26-5-4-16-36(22-26)39(38)27-10-8-24(9-11-27)25-12-14-32-15-13-25/h2-3,6-15,21,26H,4-5,16-20,22H2,1H3. The lowest BCUT2D eigenvalue weighted by Gasteiger charge is -2.39. The van der Waals surface area contributed by atoms with Gasteiger partial charge in [0.05, 0.1) is 16.3 Å². The lowest BCUT2D eigenvalue weighted by Crippen LogP contribution is -2.52. The molecule has 4 aromatic rings. The topological polar surface area (TPSA) is 69.6 Å². The number of benzene rings is 2. The minimum absolute atomic E-state index is 0.116. The van der Waals surface area contributed by atoms with E-state index in [1.165, 1.54) is 5.69 Å². The summed E-state index contributed by atoms with van der Waals surface area (Å²) in [5.41, 5.74) is 5.36. The first-order chi connectivity index (χ1) is 19.1. The van der Waals surface area contributed by atoms with Crippen molar-refractivity contribution < 1.29 is 9.00 Å². The van der Waals surface area contributed by atoms with Crippen molar-refractivity contribution in [1.29, 1.82) is 0 Å². The number of rotatable bonds is 5. The fourth-order valence-electron chi connectivity index (χ4n) is 5.73. The number of fused-ring (bicyclic) bond motifs is 1. The fraction of sp³-hybridized carbons (Fsp3) is 0.323. The summed E-state index contributed by atoms with van der Waals surface area (Å²) in [6, 6.07) is 22.2. The van der Waals surface area contributed by atoms with E-state index in [9.17, 15) is 9.00 Å². The van der Waals surface area contributed by atoms with Gasteiger partial charge in [0.15, 0.2) is 0 Å². The van der Waals surface area contributed by atoms with Crippen LogP contribution in [-0.2, 0) is 15.8 Å². The number of para-hydroxylation sites is 1. The molecule has 8 heteroatoms. The van der Waals surface area contributed by atoms with Crippen LogP contribution in [0.4, 0.5) is 5.69 Å². The molecule has 0 aliphatic carbocycles. The molecule has 1 amide bonds. The molecule has 2 unspecified atom stereocenters. The van der Waals surface area contributed by atoms with Gasteiger partial charge in [-0.2, -0.15) is 0 Å². The molecule has 6 rings (SSSR count). The molecule has 0 N–H and O–H groups in total. The minimum Gasteiger partial charge on any atom is -0.367 e. The van der Waals surface area contributed by atoms with Crippen molar-refractivity contribution in [1.82, 2.24) is 19.2 Å². The van der Waals surface area contributed by atoms with E-state index in [4.69, 9.17) is 0 Å². The molecule has 0 bridgehead atoms. The minimum atomic E-state index is -1.29. The van der Waals surface area contributed by atoms with Gasteiger partial charge < -0.3 is 9.80 Å².